The Hall–Kier alpha value is -3.79. The Morgan fingerprint density at radius 1 is 1.17 bits per heavy atom. The number of cyclic esters (lactones) is 1. The lowest BCUT2D eigenvalue weighted by atomic mass is 9.75. The quantitative estimate of drug-likeness (QED) is 0.419. The summed E-state index contributed by atoms with van der Waals surface area (Å²) in [5, 5.41) is 9.64. The second kappa shape index (κ2) is 9.46. The lowest BCUT2D eigenvalue weighted by Gasteiger charge is -2.45. The zero-order chi connectivity index (χ0) is 25.2. The van der Waals surface area contributed by atoms with E-state index in [2.05, 4.69) is 16.0 Å². The summed E-state index contributed by atoms with van der Waals surface area (Å²) in [4.78, 5) is 23.6. The molecule has 2 atom stereocenters. The Labute approximate surface area is 205 Å². The van der Waals surface area contributed by atoms with Crippen molar-refractivity contribution in [3.05, 3.63) is 83.6 Å². The molecule has 1 aliphatic heterocycles. The Balaban J connectivity index is 1.56. The average Bonchev–Trinajstić information content (AvgIpc) is 2.84. The van der Waals surface area contributed by atoms with Crippen molar-refractivity contribution < 1.29 is 13.9 Å². The maximum Gasteiger partial charge on any atom is 0.411 e. The Morgan fingerprint density at radius 2 is 1.86 bits per heavy atom. The van der Waals surface area contributed by atoms with Gasteiger partial charge in [-0.1, -0.05) is 36.4 Å². The van der Waals surface area contributed by atoms with Gasteiger partial charge in [-0.15, -0.1) is 0 Å². The highest BCUT2D eigenvalue weighted by Crippen LogP contribution is 2.44. The smallest absolute Gasteiger partial charge is 0.411 e. The molecule has 1 aromatic heterocycles. The van der Waals surface area contributed by atoms with Crippen LogP contribution < -0.4 is 0 Å². The minimum Gasteiger partial charge on any atom is -0.438 e. The fraction of sp³-hybridized carbons (Fsp3) is 0.357. The van der Waals surface area contributed by atoms with Crippen LogP contribution in [0.2, 0.25) is 0 Å². The number of aryl methyl sites for hydroxylation is 1. The summed E-state index contributed by atoms with van der Waals surface area (Å²) >= 11 is 0. The number of carbonyl (C=O) groups excluding carboxylic acids is 1. The molecule has 1 saturated heterocycles. The lowest BCUT2D eigenvalue weighted by molar-refractivity contribution is -0.0770. The van der Waals surface area contributed by atoms with Crippen molar-refractivity contribution >= 4 is 6.09 Å². The van der Waals surface area contributed by atoms with Gasteiger partial charge in [-0.3, -0.25) is 0 Å². The zero-order valence-corrected chi connectivity index (χ0v) is 20.5. The Kier molecular flexibility index (Phi) is 6.58. The molecule has 0 unspecified atom stereocenters. The van der Waals surface area contributed by atoms with Gasteiger partial charge in [0.1, 0.15) is 17.2 Å². The van der Waals surface area contributed by atoms with Gasteiger partial charge in [-0.2, -0.15) is 5.26 Å². The highest BCUT2D eigenvalue weighted by atomic mass is 19.1. The molecular weight excluding hydrogens is 443 g/mol. The van der Waals surface area contributed by atoms with Gasteiger partial charge in [0.15, 0.2) is 0 Å². The molecule has 1 fully saturated rings. The molecule has 6 nitrogen and oxygen atoms in total. The van der Waals surface area contributed by atoms with E-state index in [0.29, 0.717) is 30.8 Å². The second-order valence-electron chi connectivity index (χ2n) is 9.77. The molecule has 7 heteroatoms. The molecule has 2 aromatic carbocycles. The number of nitrogens with zero attached hydrogens (tertiary/aromatic N) is 4. The van der Waals surface area contributed by atoms with Gasteiger partial charge in [0, 0.05) is 31.1 Å². The highest BCUT2D eigenvalue weighted by Gasteiger charge is 2.46. The standard InChI is InChI=1S/C28H29FN4O2/c1-19(21-5-7-22(8-6-21)25-13-15-31-20(2)32-25)33-16-14-28(35-26(33)34,17-27(3,4)18-30)23-9-11-24(29)12-10-23/h5-13,15,19H,14,16-17H2,1-4H3/t19-,28-/m0/s1. The summed E-state index contributed by atoms with van der Waals surface area (Å²) in [6.45, 7) is 7.91. The van der Waals surface area contributed by atoms with Crippen LogP contribution in [0.15, 0.2) is 60.8 Å². The van der Waals surface area contributed by atoms with Crippen LogP contribution in [0.5, 0.6) is 0 Å². The summed E-state index contributed by atoms with van der Waals surface area (Å²) in [5.74, 6) is 0.349. The number of rotatable bonds is 6. The van der Waals surface area contributed by atoms with Crippen LogP contribution in [0.4, 0.5) is 9.18 Å². The molecule has 0 spiro atoms. The summed E-state index contributed by atoms with van der Waals surface area (Å²) in [7, 11) is 0. The van der Waals surface area contributed by atoms with E-state index in [1.807, 2.05) is 58.0 Å². The molecular formula is C28H29FN4O2. The Morgan fingerprint density at radius 3 is 2.46 bits per heavy atom. The SMILES string of the molecule is Cc1nccc(-c2ccc([C@H](C)N3CC[C@](CC(C)(C)C#N)(c4ccc(F)cc4)OC3=O)cc2)n1. The van der Waals surface area contributed by atoms with Crippen molar-refractivity contribution in [3.8, 4) is 17.3 Å². The molecule has 1 aliphatic rings. The van der Waals surface area contributed by atoms with Crippen molar-refractivity contribution in [2.75, 3.05) is 6.54 Å². The van der Waals surface area contributed by atoms with Crippen LogP contribution >= 0.6 is 0 Å². The van der Waals surface area contributed by atoms with E-state index in [1.54, 1.807) is 23.2 Å². The summed E-state index contributed by atoms with van der Waals surface area (Å²) in [5.41, 5.74) is 1.78. The van der Waals surface area contributed by atoms with Gasteiger partial charge in [0.05, 0.1) is 23.2 Å². The number of ether oxygens (including phenoxy) is 1. The van der Waals surface area contributed by atoms with Crippen molar-refractivity contribution in [1.29, 1.82) is 5.26 Å². The minimum absolute atomic E-state index is 0.209. The van der Waals surface area contributed by atoms with E-state index in [0.717, 1.165) is 16.8 Å². The molecule has 0 radical (unpaired) electrons. The van der Waals surface area contributed by atoms with Crippen LogP contribution in [0, 0.1) is 29.5 Å². The van der Waals surface area contributed by atoms with Crippen LogP contribution in [0.3, 0.4) is 0 Å². The molecule has 0 bridgehead atoms. The minimum atomic E-state index is -0.991. The number of carbonyl (C=O) groups is 1. The molecule has 35 heavy (non-hydrogen) atoms. The first-order chi connectivity index (χ1) is 16.6. The fourth-order valence-corrected chi connectivity index (χ4v) is 4.69. The van der Waals surface area contributed by atoms with Gasteiger partial charge >= 0.3 is 6.09 Å². The lowest BCUT2D eigenvalue weighted by Crippen LogP contribution is -2.50. The molecule has 1 amide bonds. The predicted molar refractivity (Wildman–Crippen MR) is 131 cm³/mol. The average molecular weight is 473 g/mol. The van der Waals surface area contributed by atoms with Gasteiger partial charge in [0.2, 0.25) is 0 Å². The van der Waals surface area contributed by atoms with Crippen LogP contribution in [0.1, 0.15) is 56.6 Å². The topological polar surface area (TPSA) is 79.1 Å². The van der Waals surface area contributed by atoms with Crippen molar-refractivity contribution in [1.82, 2.24) is 14.9 Å². The maximum absolute atomic E-state index is 13.6. The van der Waals surface area contributed by atoms with E-state index in [4.69, 9.17) is 4.74 Å². The molecule has 2 heterocycles. The number of amides is 1. The summed E-state index contributed by atoms with van der Waals surface area (Å²) < 4.78 is 19.7. The molecule has 0 N–H and O–H groups in total. The molecule has 0 saturated carbocycles. The molecule has 3 aromatic rings. The number of hydrogen-bond acceptors (Lipinski definition) is 5. The zero-order valence-electron chi connectivity index (χ0n) is 20.5. The number of aromatic nitrogens is 2. The molecule has 0 aliphatic carbocycles. The largest absolute Gasteiger partial charge is 0.438 e. The first-order valence-electron chi connectivity index (χ1n) is 11.7. The monoisotopic (exact) mass is 472 g/mol. The summed E-state index contributed by atoms with van der Waals surface area (Å²) in [6, 6.07) is 17.9. The van der Waals surface area contributed by atoms with E-state index in [-0.39, 0.29) is 11.9 Å². The first-order valence-corrected chi connectivity index (χ1v) is 11.7. The predicted octanol–water partition coefficient (Wildman–Crippen LogP) is 6.33. The van der Waals surface area contributed by atoms with Crippen molar-refractivity contribution in [2.45, 2.75) is 52.2 Å². The molecule has 180 valence electrons. The van der Waals surface area contributed by atoms with Crippen LogP contribution in [-0.2, 0) is 10.3 Å². The van der Waals surface area contributed by atoms with Crippen LogP contribution in [0.25, 0.3) is 11.3 Å². The van der Waals surface area contributed by atoms with E-state index < -0.39 is 17.1 Å². The number of halogens is 1. The molecule has 4 rings (SSSR count). The third-order valence-corrected chi connectivity index (χ3v) is 6.61. The number of hydrogen-bond donors (Lipinski definition) is 0. The third-order valence-electron chi connectivity index (χ3n) is 6.61. The third kappa shape index (κ3) is 5.17. The highest BCUT2D eigenvalue weighted by molar-refractivity contribution is 5.70. The van der Waals surface area contributed by atoms with Crippen molar-refractivity contribution in [2.24, 2.45) is 5.41 Å². The van der Waals surface area contributed by atoms with Gasteiger partial charge in [0.25, 0.3) is 0 Å². The maximum atomic E-state index is 13.6. The second-order valence-corrected chi connectivity index (χ2v) is 9.77. The van der Waals surface area contributed by atoms with Gasteiger partial charge < -0.3 is 9.64 Å². The van der Waals surface area contributed by atoms with Crippen LogP contribution in [-0.4, -0.2) is 27.5 Å². The summed E-state index contributed by atoms with van der Waals surface area (Å²) in [6.07, 6.45) is 2.11. The van der Waals surface area contributed by atoms with Crippen molar-refractivity contribution in [3.63, 3.8) is 0 Å². The van der Waals surface area contributed by atoms with E-state index in [1.165, 1.54) is 12.1 Å². The number of benzene rings is 2. The number of nitriles is 1. The van der Waals surface area contributed by atoms with Gasteiger partial charge in [-0.05, 0) is 57.0 Å². The first kappa shape index (κ1) is 24.3. The van der Waals surface area contributed by atoms with E-state index >= 15 is 0 Å². The van der Waals surface area contributed by atoms with Gasteiger partial charge in [-0.25, -0.2) is 19.2 Å². The normalized spacial score (nSPS) is 19.1. The fourth-order valence-electron chi connectivity index (χ4n) is 4.69. The van der Waals surface area contributed by atoms with E-state index in [9.17, 15) is 14.4 Å². The Bertz CT molecular complexity index is 1250.